The Bertz CT molecular complexity index is 1230. The number of hydrogen-bond donors (Lipinski definition) is 5. The summed E-state index contributed by atoms with van der Waals surface area (Å²) in [4.78, 5) is 29.2. The van der Waals surface area contributed by atoms with E-state index < -0.39 is 75.0 Å². The standard InChI is InChI=1S/C39H67NO8/c1-11-15-17-20-40-37(18-13-3,19-16-12-2)35(9,14-4)33(44)48-26-22-39(46)25(6)31-36(10,27(41)21-28-38(31,45)23-47-28)32(43)30(42)29(24(26)5)34(39,7)8/h25-28,30-31,40-42,45-46H,11-23H2,1-10H3/t25?,26?,27-,28+,30+,31?,35?,36+,37?,38-,39+/m0/s1. The molecule has 276 valence electrons. The SMILES string of the molecule is CCCCCNC(CCC)(CCCC)C(C)(CC)C(=O)OC1C[C@@]2(O)C(C)C3[C@]4(O)CO[C@@H]4C[C@H](O)[C@@]3(C)C(=O)[C@H](O)C(=C1C)C2(C)C. The van der Waals surface area contributed by atoms with Gasteiger partial charge in [-0.2, -0.15) is 0 Å². The Labute approximate surface area is 289 Å². The fourth-order valence-electron chi connectivity index (χ4n) is 10.7. The lowest BCUT2D eigenvalue weighted by Gasteiger charge is -2.67. The van der Waals surface area contributed by atoms with Crippen molar-refractivity contribution < 1.29 is 39.5 Å². The molecule has 0 aromatic heterocycles. The maximum absolute atomic E-state index is 14.7. The zero-order valence-corrected chi connectivity index (χ0v) is 31.6. The van der Waals surface area contributed by atoms with Gasteiger partial charge in [-0.1, -0.05) is 80.6 Å². The fraction of sp³-hybridized carbons (Fsp3) is 0.897. The lowest BCUT2D eigenvalue weighted by atomic mass is 9.43. The molecule has 2 bridgehead atoms. The van der Waals surface area contributed by atoms with E-state index in [1.807, 2.05) is 34.6 Å². The van der Waals surface area contributed by atoms with Crippen LogP contribution in [0.5, 0.6) is 0 Å². The first kappa shape index (κ1) is 39.4. The summed E-state index contributed by atoms with van der Waals surface area (Å²) in [5.41, 5.74) is -6.20. The van der Waals surface area contributed by atoms with Crippen LogP contribution in [0.3, 0.4) is 0 Å². The Morgan fingerprint density at radius 2 is 1.67 bits per heavy atom. The van der Waals surface area contributed by atoms with Gasteiger partial charge in [-0.05, 0) is 70.1 Å². The van der Waals surface area contributed by atoms with Crippen molar-refractivity contribution in [2.75, 3.05) is 13.2 Å². The van der Waals surface area contributed by atoms with Crippen molar-refractivity contribution in [1.82, 2.24) is 5.32 Å². The smallest absolute Gasteiger partial charge is 0.314 e. The van der Waals surface area contributed by atoms with Crippen LogP contribution in [-0.2, 0) is 19.1 Å². The van der Waals surface area contributed by atoms with Gasteiger partial charge in [0.15, 0.2) is 5.78 Å². The minimum atomic E-state index is -1.66. The molecule has 1 aliphatic heterocycles. The van der Waals surface area contributed by atoms with Gasteiger partial charge in [-0.25, -0.2) is 0 Å². The van der Waals surface area contributed by atoms with E-state index in [-0.39, 0.29) is 25.4 Å². The van der Waals surface area contributed by atoms with E-state index in [9.17, 15) is 30.0 Å². The Balaban J connectivity index is 1.81. The predicted molar refractivity (Wildman–Crippen MR) is 186 cm³/mol. The molecule has 5 unspecified atom stereocenters. The first-order valence-corrected chi connectivity index (χ1v) is 19.0. The summed E-state index contributed by atoms with van der Waals surface area (Å²) < 4.78 is 12.2. The molecule has 3 fully saturated rings. The molecule has 0 spiro atoms. The second kappa shape index (κ2) is 14.0. The van der Waals surface area contributed by atoms with Crippen molar-refractivity contribution in [3.8, 4) is 0 Å². The number of unbranched alkanes of at least 4 members (excludes halogenated alkanes) is 3. The number of ketones is 1. The van der Waals surface area contributed by atoms with Crippen LogP contribution in [0.1, 0.15) is 140 Å². The molecule has 0 aromatic carbocycles. The van der Waals surface area contributed by atoms with E-state index in [0.717, 1.165) is 57.9 Å². The molecule has 4 rings (SSSR count). The molecule has 4 aliphatic rings. The predicted octanol–water partition coefficient (Wildman–Crippen LogP) is 5.40. The molecule has 1 saturated heterocycles. The molecule has 9 nitrogen and oxygen atoms in total. The van der Waals surface area contributed by atoms with Crippen LogP contribution in [0.2, 0.25) is 0 Å². The number of nitrogens with one attached hydrogen (secondary N) is 1. The first-order chi connectivity index (χ1) is 22.3. The van der Waals surface area contributed by atoms with E-state index in [1.54, 1.807) is 13.8 Å². The Kier molecular flexibility index (Phi) is 11.5. The molecule has 0 amide bonds. The van der Waals surface area contributed by atoms with Crippen molar-refractivity contribution in [3.63, 3.8) is 0 Å². The molecule has 0 radical (unpaired) electrons. The molecule has 11 atom stereocenters. The van der Waals surface area contributed by atoms with Crippen LogP contribution in [0, 0.1) is 28.1 Å². The van der Waals surface area contributed by atoms with Crippen LogP contribution in [0.25, 0.3) is 0 Å². The highest BCUT2D eigenvalue weighted by Gasteiger charge is 2.74. The normalized spacial score (nSPS) is 40.0. The number of aliphatic hydroxyl groups is 4. The van der Waals surface area contributed by atoms with Crippen molar-refractivity contribution in [3.05, 3.63) is 11.1 Å². The molecular weight excluding hydrogens is 610 g/mol. The highest BCUT2D eigenvalue weighted by Crippen LogP contribution is 2.64. The second-order valence-electron chi connectivity index (χ2n) is 16.9. The van der Waals surface area contributed by atoms with Gasteiger partial charge >= 0.3 is 5.97 Å². The third-order valence-corrected chi connectivity index (χ3v) is 14.2. The molecule has 48 heavy (non-hydrogen) atoms. The summed E-state index contributed by atoms with van der Waals surface area (Å²) in [5, 5.41) is 52.3. The van der Waals surface area contributed by atoms with E-state index in [1.165, 1.54) is 0 Å². The van der Waals surface area contributed by atoms with Crippen LogP contribution < -0.4 is 5.32 Å². The molecule has 5 N–H and O–H groups in total. The van der Waals surface area contributed by atoms with Crippen LogP contribution in [0.15, 0.2) is 11.1 Å². The van der Waals surface area contributed by atoms with Crippen LogP contribution in [0.4, 0.5) is 0 Å². The largest absolute Gasteiger partial charge is 0.457 e. The third kappa shape index (κ3) is 5.65. The Morgan fingerprint density at radius 3 is 2.21 bits per heavy atom. The third-order valence-electron chi connectivity index (χ3n) is 14.2. The number of ether oxygens (including phenoxy) is 2. The van der Waals surface area contributed by atoms with E-state index in [2.05, 4.69) is 26.1 Å². The maximum atomic E-state index is 14.7. The molecule has 0 aromatic rings. The highest BCUT2D eigenvalue weighted by atomic mass is 16.6. The lowest BCUT2D eigenvalue weighted by Crippen LogP contribution is -2.78. The highest BCUT2D eigenvalue weighted by molar-refractivity contribution is 5.93. The second-order valence-corrected chi connectivity index (χ2v) is 16.9. The van der Waals surface area contributed by atoms with Gasteiger partial charge in [0.1, 0.15) is 17.8 Å². The molecule has 1 heterocycles. The van der Waals surface area contributed by atoms with Gasteiger partial charge < -0.3 is 35.2 Å². The van der Waals surface area contributed by atoms with Gasteiger partial charge in [0.2, 0.25) is 0 Å². The van der Waals surface area contributed by atoms with Gasteiger partial charge in [-0.15, -0.1) is 0 Å². The van der Waals surface area contributed by atoms with Crippen molar-refractivity contribution in [2.45, 2.75) is 181 Å². The number of carbonyl (C=O) groups is 2. The van der Waals surface area contributed by atoms with Gasteiger partial charge in [0.25, 0.3) is 0 Å². The monoisotopic (exact) mass is 677 g/mol. The Morgan fingerprint density at radius 1 is 1.02 bits per heavy atom. The Hall–Kier alpha value is -1.36. The summed E-state index contributed by atoms with van der Waals surface area (Å²) >= 11 is 0. The van der Waals surface area contributed by atoms with Crippen LogP contribution >= 0.6 is 0 Å². The molecule has 3 aliphatic carbocycles. The number of rotatable bonds is 14. The van der Waals surface area contributed by atoms with Gasteiger partial charge in [0, 0.05) is 29.7 Å². The summed E-state index contributed by atoms with van der Waals surface area (Å²) in [7, 11) is 0. The number of hydrogen-bond acceptors (Lipinski definition) is 9. The molecule has 2 saturated carbocycles. The lowest BCUT2D eigenvalue weighted by molar-refractivity contribution is -0.335. The van der Waals surface area contributed by atoms with E-state index in [0.29, 0.717) is 17.6 Å². The summed E-state index contributed by atoms with van der Waals surface area (Å²) in [6.07, 6.45) is 4.00. The average molecular weight is 678 g/mol. The topological polar surface area (TPSA) is 146 Å². The fourth-order valence-corrected chi connectivity index (χ4v) is 10.7. The first-order valence-electron chi connectivity index (χ1n) is 19.0. The maximum Gasteiger partial charge on any atom is 0.314 e. The zero-order valence-electron chi connectivity index (χ0n) is 31.6. The summed E-state index contributed by atoms with van der Waals surface area (Å²) in [5.74, 6) is -2.57. The molecule has 9 heteroatoms. The zero-order chi connectivity index (χ0) is 36.1. The van der Waals surface area contributed by atoms with Crippen LogP contribution in [-0.4, -0.2) is 86.5 Å². The number of carbonyl (C=O) groups excluding carboxylic acids is 2. The quantitative estimate of drug-likeness (QED) is 0.0927. The number of Topliss-reactive ketones (excluding diaryl/α,β-unsaturated/α-hetero) is 1. The van der Waals surface area contributed by atoms with E-state index in [4.69, 9.17) is 9.47 Å². The van der Waals surface area contributed by atoms with Crippen molar-refractivity contribution >= 4 is 11.8 Å². The van der Waals surface area contributed by atoms with Gasteiger partial charge in [0.05, 0.1) is 35.2 Å². The average Bonchev–Trinajstić information content (AvgIpc) is 3.04. The number of aliphatic hydroxyl groups excluding tert-OH is 2. The van der Waals surface area contributed by atoms with Crippen molar-refractivity contribution in [2.24, 2.45) is 28.1 Å². The summed E-state index contributed by atoms with van der Waals surface area (Å²) in [6, 6.07) is 0. The minimum absolute atomic E-state index is 0.0214. The number of esters is 1. The molecular formula is C39H67NO8. The van der Waals surface area contributed by atoms with E-state index >= 15 is 0 Å². The minimum Gasteiger partial charge on any atom is -0.457 e. The summed E-state index contributed by atoms with van der Waals surface area (Å²) in [6.45, 7) is 20.2. The number of fused-ring (bicyclic) bond motifs is 5. The van der Waals surface area contributed by atoms with Crippen molar-refractivity contribution in [1.29, 1.82) is 0 Å². The van der Waals surface area contributed by atoms with Gasteiger partial charge in [-0.3, -0.25) is 9.59 Å².